The molecule has 1 aromatic carbocycles. The van der Waals surface area contributed by atoms with Crippen LogP contribution in [0.15, 0.2) is 22.7 Å². The molecule has 1 heterocycles. The lowest BCUT2D eigenvalue weighted by Crippen LogP contribution is -2.46. The molecule has 0 bridgehead atoms. The van der Waals surface area contributed by atoms with Crippen LogP contribution >= 0.6 is 40.7 Å². The van der Waals surface area contributed by atoms with Gasteiger partial charge in [-0.05, 0) is 27.9 Å². The van der Waals surface area contributed by atoms with Crippen LogP contribution in [0.5, 0.6) is 5.75 Å². The van der Waals surface area contributed by atoms with Gasteiger partial charge in [-0.1, -0.05) is 32.4 Å². The molecule has 2 rings (SSSR count). The smallest absolute Gasteiger partial charge is 0.134 e. The maximum absolute atomic E-state index is 10.4. The Kier molecular flexibility index (Phi) is 9.90. The molecule has 21 heavy (non-hydrogen) atoms. The Morgan fingerprint density at radius 3 is 2.48 bits per heavy atom. The van der Waals surface area contributed by atoms with Crippen LogP contribution in [0.25, 0.3) is 0 Å². The molecule has 2 atom stereocenters. The molecule has 1 unspecified atom stereocenters. The number of para-hydroxylation sites is 1. The molecule has 3 nitrogen and oxygen atoms in total. The zero-order valence-corrected chi connectivity index (χ0v) is 15.7. The average molecular weight is 400 g/mol. The maximum Gasteiger partial charge on any atom is 0.134 e. The number of piperazine rings is 1. The summed E-state index contributed by atoms with van der Waals surface area (Å²) in [5.74, 6) is 0.921. The van der Waals surface area contributed by atoms with Crippen molar-refractivity contribution in [2.75, 3.05) is 26.2 Å². The minimum Gasteiger partial charge on any atom is -0.506 e. The lowest BCUT2D eigenvalue weighted by Gasteiger charge is -2.38. The molecule has 1 aromatic rings. The Bertz CT molecular complexity index is 428. The molecule has 1 aliphatic rings. The number of rotatable bonds is 4. The molecule has 1 saturated heterocycles. The summed E-state index contributed by atoms with van der Waals surface area (Å²) in [5, 5.41) is 13.7. The van der Waals surface area contributed by atoms with Crippen molar-refractivity contribution in [3.05, 3.63) is 28.2 Å². The molecule has 6 heteroatoms. The SMILES string of the molecule is CCC(C)[C@@H](c1cccc(Br)c1O)N1CCNCC1.Cl.Cl. The zero-order chi connectivity index (χ0) is 13.8. The second-order valence-electron chi connectivity index (χ2n) is 5.29. The van der Waals surface area contributed by atoms with Crippen molar-refractivity contribution in [2.24, 2.45) is 5.92 Å². The monoisotopic (exact) mass is 398 g/mol. The van der Waals surface area contributed by atoms with Crippen molar-refractivity contribution in [1.29, 1.82) is 0 Å². The quantitative estimate of drug-likeness (QED) is 0.803. The number of aromatic hydroxyl groups is 1. The highest BCUT2D eigenvalue weighted by Gasteiger charge is 2.28. The van der Waals surface area contributed by atoms with Crippen molar-refractivity contribution in [3.8, 4) is 5.75 Å². The molecule has 0 spiro atoms. The van der Waals surface area contributed by atoms with Gasteiger partial charge in [0.2, 0.25) is 0 Å². The van der Waals surface area contributed by atoms with Gasteiger partial charge in [-0.25, -0.2) is 0 Å². The van der Waals surface area contributed by atoms with Gasteiger partial charge in [0.15, 0.2) is 0 Å². The van der Waals surface area contributed by atoms with E-state index in [2.05, 4.69) is 46.1 Å². The summed E-state index contributed by atoms with van der Waals surface area (Å²) in [4.78, 5) is 2.49. The van der Waals surface area contributed by atoms with E-state index in [4.69, 9.17) is 0 Å². The third-order valence-corrected chi connectivity index (χ3v) is 4.70. The number of hydrogen-bond donors (Lipinski definition) is 2. The Morgan fingerprint density at radius 1 is 1.29 bits per heavy atom. The van der Waals surface area contributed by atoms with Gasteiger partial charge in [0.05, 0.1) is 4.47 Å². The van der Waals surface area contributed by atoms with Gasteiger partial charge >= 0.3 is 0 Å². The first-order valence-electron chi connectivity index (χ1n) is 7.07. The molecule has 0 amide bonds. The van der Waals surface area contributed by atoms with Crippen LogP contribution in [-0.4, -0.2) is 36.2 Å². The normalized spacial score (nSPS) is 18.2. The number of halogens is 3. The molecular weight excluding hydrogens is 375 g/mol. The molecule has 0 saturated carbocycles. The fourth-order valence-corrected chi connectivity index (χ4v) is 3.20. The van der Waals surface area contributed by atoms with Crippen molar-refractivity contribution < 1.29 is 5.11 Å². The average Bonchev–Trinajstić information content (AvgIpc) is 2.44. The first-order chi connectivity index (χ1) is 9.15. The third-order valence-electron chi connectivity index (χ3n) is 4.06. The van der Waals surface area contributed by atoms with Gasteiger partial charge in [0, 0.05) is 37.8 Å². The Hall–Kier alpha value is -0.000000000000000111. The highest BCUT2D eigenvalue weighted by molar-refractivity contribution is 9.10. The van der Waals surface area contributed by atoms with Gasteiger partial charge in [0.1, 0.15) is 5.75 Å². The minimum absolute atomic E-state index is 0. The predicted molar refractivity (Wildman–Crippen MR) is 96.9 cm³/mol. The summed E-state index contributed by atoms with van der Waals surface area (Å²) >= 11 is 3.43. The van der Waals surface area contributed by atoms with Gasteiger partial charge < -0.3 is 10.4 Å². The standard InChI is InChI=1S/C15H23BrN2O.2ClH/c1-3-11(2)14(18-9-7-17-8-10-18)12-5-4-6-13(16)15(12)19;;/h4-6,11,14,17,19H,3,7-10H2,1-2H3;2*1H/t11?,14-;;/m0../s1. The van der Waals surface area contributed by atoms with Crippen LogP contribution < -0.4 is 5.32 Å². The largest absolute Gasteiger partial charge is 0.506 e. The fraction of sp³-hybridized carbons (Fsp3) is 0.600. The highest BCUT2D eigenvalue weighted by Crippen LogP contribution is 2.39. The van der Waals surface area contributed by atoms with E-state index in [0.29, 0.717) is 17.7 Å². The van der Waals surface area contributed by atoms with Gasteiger partial charge in [-0.15, -0.1) is 24.8 Å². The molecule has 0 radical (unpaired) electrons. The number of nitrogens with zero attached hydrogens (tertiary/aromatic N) is 1. The number of phenols is 1. The number of hydrogen-bond acceptors (Lipinski definition) is 3. The van der Waals surface area contributed by atoms with E-state index in [1.807, 2.05) is 12.1 Å². The van der Waals surface area contributed by atoms with Gasteiger partial charge in [-0.2, -0.15) is 0 Å². The molecule has 122 valence electrons. The number of benzene rings is 1. The van der Waals surface area contributed by atoms with E-state index in [1.165, 1.54) is 0 Å². The molecule has 0 aliphatic carbocycles. The Balaban J connectivity index is 0.00000200. The van der Waals surface area contributed by atoms with E-state index >= 15 is 0 Å². The zero-order valence-electron chi connectivity index (χ0n) is 12.5. The van der Waals surface area contributed by atoms with E-state index in [-0.39, 0.29) is 24.8 Å². The third kappa shape index (κ3) is 5.00. The fourth-order valence-electron chi connectivity index (χ4n) is 2.82. The Morgan fingerprint density at radius 2 is 1.90 bits per heavy atom. The lowest BCUT2D eigenvalue weighted by molar-refractivity contribution is 0.126. The summed E-state index contributed by atoms with van der Waals surface area (Å²) in [6.45, 7) is 8.63. The molecule has 0 aromatic heterocycles. The van der Waals surface area contributed by atoms with Crippen molar-refractivity contribution in [2.45, 2.75) is 26.3 Å². The summed E-state index contributed by atoms with van der Waals surface area (Å²) in [6, 6.07) is 6.25. The topological polar surface area (TPSA) is 35.5 Å². The van der Waals surface area contributed by atoms with Crippen molar-refractivity contribution >= 4 is 40.7 Å². The minimum atomic E-state index is 0. The molecule has 2 N–H and O–H groups in total. The first-order valence-corrected chi connectivity index (χ1v) is 7.86. The van der Waals surface area contributed by atoms with Crippen LogP contribution in [0.4, 0.5) is 0 Å². The van der Waals surface area contributed by atoms with Crippen LogP contribution in [0.1, 0.15) is 31.9 Å². The van der Waals surface area contributed by atoms with E-state index in [1.54, 1.807) is 0 Å². The van der Waals surface area contributed by atoms with Crippen LogP contribution in [0.3, 0.4) is 0 Å². The summed E-state index contributed by atoms with van der Waals surface area (Å²) in [6.07, 6.45) is 1.11. The molecular formula is C15H25BrCl2N2O. The Labute approximate surface area is 148 Å². The van der Waals surface area contributed by atoms with E-state index in [0.717, 1.165) is 42.6 Å². The predicted octanol–water partition coefficient (Wildman–Crippen LogP) is 3.99. The summed E-state index contributed by atoms with van der Waals surface area (Å²) in [7, 11) is 0. The second kappa shape index (κ2) is 9.90. The maximum atomic E-state index is 10.4. The van der Waals surface area contributed by atoms with E-state index < -0.39 is 0 Å². The van der Waals surface area contributed by atoms with Crippen LogP contribution in [0, 0.1) is 5.92 Å². The highest BCUT2D eigenvalue weighted by atomic mass is 79.9. The summed E-state index contributed by atoms with van der Waals surface area (Å²) < 4.78 is 0.786. The number of nitrogens with one attached hydrogen (secondary N) is 1. The van der Waals surface area contributed by atoms with E-state index in [9.17, 15) is 5.11 Å². The second-order valence-corrected chi connectivity index (χ2v) is 6.15. The van der Waals surface area contributed by atoms with Gasteiger partial charge in [0.25, 0.3) is 0 Å². The lowest BCUT2D eigenvalue weighted by atomic mass is 9.90. The van der Waals surface area contributed by atoms with Crippen LogP contribution in [0.2, 0.25) is 0 Å². The van der Waals surface area contributed by atoms with Crippen LogP contribution in [-0.2, 0) is 0 Å². The van der Waals surface area contributed by atoms with Crippen molar-refractivity contribution in [1.82, 2.24) is 10.2 Å². The first kappa shape index (κ1) is 21.0. The van der Waals surface area contributed by atoms with Gasteiger partial charge in [-0.3, -0.25) is 4.90 Å². The summed E-state index contributed by atoms with van der Waals surface area (Å²) in [5.41, 5.74) is 1.05. The molecule has 1 aliphatic heterocycles. The number of phenolic OH excluding ortho intramolecular Hbond substituents is 1. The van der Waals surface area contributed by atoms with Crippen molar-refractivity contribution in [3.63, 3.8) is 0 Å². The molecule has 1 fully saturated rings.